The minimum Gasteiger partial charge on any atom is -0.462 e. The number of aromatic nitrogens is 1. The molecule has 2 aliphatic rings. The molecule has 2 amide bonds. The topological polar surface area (TPSA) is 88.6 Å². The number of pyridine rings is 1. The number of aryl methyl sites for hydroxylation is 1. The number of amides is 2. The molecule has 2 aromatic carbocycles. The van der Waals surface area contributed by atoms with Crippen LogP contribution in [0.5, 0.6) is 0 Å². The summed E-state index contributed by atoms with van der Waals surface area (Å²) >= 11 is 0. The summed E-state index contributed by atoms with van der Waals surface area (Å²) in [5.74, 6) is 0.333. The van der Waals surface area contributed by atoms with Crippen LogP contribution in [0.3, 0.4) is 0 Å². The Hall–Kier alpha value is -4.00. The third-order valence-electron chi connectivity index (χ3n) is 7.91. The van der Waals surface area contributed by atoms with Crippen LogP contribution >= 0.6 is 0 Å². The number of hydrogen-bond donors (Lipinski definition) is 1. The molecule has 0 saturated heterocycles. The quantitative estimate of drug-likeness (QED) is 0.341. The highest BCUT2D eigenvalue weighted by molar-refractivity contribution is 5.91. The van der Waals surface area contributed by atoms with E-state index >= 15 is 0 Å². The summed E-state index contributed by atoms with van der Waals surface area (Å²) in [6.45, 7) is 9.05. The predicted octanol–water partition coefficient (Wildman–Crippen LogP) is 6.10. The average Bonchev–Trinajstić information content (AvgIpc) is 3.76. The van der Waals surface area contributed by atoms with E-state index in [1.165, 1.54) is 11.8 Å². The molecule has 1 N–H and O–H groups in total. The molecule has 0 spiro atoms. The van der Waals surface area contributed by atoms with Gasteiger partial charge in [-0.1, -0.05) is 42.5 Å². The number of rotatable bonds is 8. The van der Waals surface area contributed by atoms with Gasteiger partial charge in [0.1, 0.15) is 5.78 Å². The van der Waals surface area contributed by atoms with Crippen molar-refractivity contribution in [1.29, 1.82) is 0 Å². The molecule has 1 unspecified atom stereocenters. The van der Waals surface area contributed by atoms with Gasteiger partial charge in [-0.3, -0.25) is 9.78 Å². The molecule has 1 saturated carbocycles. The lowest BCUT2D eigenvalue weighted by Gasteiger charge is -2.34. The first-order valence-electron chi connectivity index (χ1n) is 14.6. The summed E-state index contributed by atoms with van der Waals surface area (Å²) < 4.78 is 5.18. The van der Waals surface area contributed by atoms with Crippen LogP contribution in [0.25, 0.3) is 11.1 Å². The Kier molecular flexibility index (Phi) is 8.25. The maximum atomic E-state index is 13.2. The fraction of sp³-hybridized carbons (Fsp3) is 0.412. The Morgan fingerprint density at radius 3 is 2.56 bits per heavy atom. The van der Waals surface area contributed by atoms with E-state index in [1.807, 2.05) is 49.9 Å². The van der Waals surface area contributed by atoms with Crippen LogP contribution in [-0.2, 0) is 28.9 Å². The molecule has 2 atom stereocenters. The molecule has 3 aromatic rings. The number of urea groups is 1. The number of hydrogen-bond acceptors (Lipinski definition) is 5. The molecule has 1 aliphatic heterocycles. The Labute approximate surface area is 242 Å². The second kappa shape index (κ2) is 11.9. The smallest absolute Gasteiger partial charge is 0.339 e. The molecule has 1 aromatic heterocycles. The molecule has 0 radical (unpaired) electrons. The second-order valence-corrected chi connectivity index (χ2v) is 12.1. The van der Waals surface area contributed by atoms with Gasteiger partial charge in [0, 0.05) is 48.9 Å². The Bertz CT molecular complexity index is 1440. The first kappa shape index (κ1) is 28.5. The van der Waals surface area contributed by atoms with Gasteiger partial charge in [0.25, 0.3) is 0 Å². The van der Waals surface area contributed by atoms with Crippen LogP contribution in [0.4, 0.5) is 4.79 Å². The van der Waals surface area contributed by atoms with Crippen LogP contribution in [0, 0.1) is 5.92 Å². The standard InChI is InChI=1S/C34H39N3O4/c1-5-41-32(39)25-17-24(19-35-20-25)26-13-11-23(12-14-31(38)29-18-28(29)22-9-7-6-8-10-22)30-21-37(16-15-27(26)30)33(40)36-34(2,3)4/h6-11,13,17,19-20,28-29H,5,12,14-16,18,21H2,1-4H3,(H,36,40)/t28-,29?/m0/s1. The van der Waals surface area contributed by atoms with Crippen molar-refractivity contribution >= 4 is 17.8 Å². The minimum absolute atomic E-state index is 0.0924. The molecular formula is C34H39N3O4. The van der Waals surface area contributed by atoms with Gasteiger partial charge in [0.15, 0.2) is 0 Å². The summed E-state index contributed by atoms with van der Waals surface area (Å²) in [4.78, 5) is 44.8. The average molecular weight is 554 g/mol. The molecule has 1 aliphatic carbocycles. The van der Waals surface area contributed by atoms with Crippen molar-refractivity contribution in [3.8, 4) is 11.1 Å². The maximum Gasteiger partial charge on any atom is 0.339 e. The van der Waals surface area contributed by atoms with Gasteiger partial charge in [-0.15, -0.1) is 0 Å². The second-order valence-electron chi connectivity index (χ2n) is 12.1. The van der Waals surface area contributed by atoms with Crippen LogP contribution in [0.1, 0.15) is 79.1 Å². The number of Topliss-reactive ketones (excluding diaryl/α,β-unsaturated/α-hetero) is 1. The van der Waals surface area contributed by atoms with Crippen molar-refractivity contribution in [2.45, 2.75) is 71.4 Å². The molecular weight excluding hydrogens is 514 g/mol. The molecule has 214 valence electrons. The predicted molar refractivity (Wildman–Crippen MR) is 159 cm³/mol. The maximum absolute atomic E-state index is 13.2. The Balaban J connectivity index is 1.40. The van der Waals surface area contributed by atoms with Crippen LogP contribution < -0.4 is 5.32 Å². The summed E-state index contributed by atoms with van der Waals surface area (Å²) in [5, 5.41) is 3.08. The van der Waals surface area contributed by atoms with Crippen LogP contribution in [0.15, 0.2) is 60.9 Å². The number of carbonyl (C=O) groups is 3. The molecule has 1 fully saturated rings. The largest absolute Gasteiger partial charge is 0.462 e. The van der Waals surface area contributed by atoms with Gasteiger partial charge < -0.3 is 15.0 Å². The van der Waals surface area contributed by atoms with E-state index in [0.29, 0.717) is 56.2 Å². The Morgan fingerprint density at radius 1 is 1.05 bits per heavy atom. The zero-order chi connectivity index (χ0) is 29.1. The summed E-state index contributed by atoms with van der Waals surface area (Å²) in [6, 6.07) is 16.1. The van der Waals surface area contributed by atoms with E-state index in [9.17, 15) is 14.4 Å². The summed E-state index contributed by atoms with van der Waals surface area (Å²) in [6.07, 6.45) is 5.99. The van der Waals surface area contributed by atoms with Gasteiger partial charge in [-0.2, -0.15) is 0 Å². The van der Waals surface area contributed by atoms with Gasteiger partial charge in [-0.25, -0.2) is 9.59 Å². The number of carbonyl (C=O) groups excluding carboxylic acids is 3. The van der Waals surface area contributed by atoms with E-state index in [-0.39, 0.29) is 17.5 Å². The van der Waals surface area contributed by atoms with E-state index in [0.717, 1.165) is 34.2 Å². The number of benzene rings is 2. The molecule has 7 heteroatoms. The number of nitrogens with zero attached hydrogens (tertiary/aromatic N) is 2. The highest BCUT2D eigenvalue weighted by atomic mass is 16.5. The van der Waals surface area contributed by atoms with Crippen molar-refractivity contribution in [2.75, 3.05) is 13.2 Å². The monoisotopic (exact) mass is 553 g/mol. The van der Waals surface area contributed by atoms with Crippen molar-refractivity contribution in [3.05, 3.63) is 88.7 Å². The van der Waals surface area contributed by atoms with Crippen molar-refractivity contribution in [3.63, 3.8) is 0 Å². The van der Waals surface area contributed by atoms with Crippen LogP contribution in [-0.4, -0.2) is 46.4 Å². The lowest BCUT2D eigenvalue weighted by atomic mass is 9.86. The number of nitrogens with one attached hydrogen (secondary N) is 1. The van der Waals surface area contributed by atoms with Crippen molar-refractivity contribution in [1.82, 2.24) is 15.2 Å². The zero-order valence-electron chi connectivity index (χ0n) is 24.4. The number of ketones is 1. The first-order valence-corrected chi connectivity index (χ1v) is 14.6. The Morgan fingerprint density at radius 2 is 1.83 bits per heavy atom. The van der Waals surface area contributed by atoms with E-state index in [1.54, 1.807) is 13.1 Å². The minimum atomic E-state index is -0.398. The third-order valence-corrected chi connectivity index (χ3v) is 7.91. The van der Waals surface area contributed by atoms with Gasteiger partial charge in [0.2, 0.25) is 0 Å². The molecule has 5 rings (SSSR count). The number of ether oxygens (including phenoxy) is 1. The highest BCUT2D eigenvalue weighted by Crippen LogP contribution is 2.48. The van der Waals surface area contributed by atoms with Gasteiger partial charge in [0.05, 0.1) is 12.2 Å². The summed E-state index contributed by atoms with van der Waals surface area (Å²) in [7, 11) is 0. The van der Waals surface area contributed by atoms with Crippen molar-refractivity contribution < 1.29 is 19.1 Å². The van der Waals surface area contributed by atoms with Gasteiger partial charge in [-0.05, 0) is 86.8 Å². The lowest BCUT2D eigenvalue weighted by molar-refractivity contribution is -0.120. The normalized spacial score (nSPS) is 17.9. The van der Waals surface area contributed by atoms with E-state index in [2.05, 4.69) is 34.6 Å². The van der Waals surface area contributed by atoms with Crippen molar-refractivity contribution in [2.24, 2.45) is 5.92 Å². The third kappa shape index (κ3) is 6.67. The number of fused-ring (bicyclic) bond motifs is 1. The fourth-order valence-electron chi connectivity index (χ4n) is 5.79. The fourth-order valence-corrected chi connectivity index (χ4v) is 5.79. The van der Waals surface area contributed by atoms with E-state index < -0.39 is 5.97 Å². The zero-order valence-corrected chi connectivity index (χ0v) is 24.4. The molecule has 7 nitrogen and oxygen atoms in total. The van der Waals surface area contributed by atoms with Gasteiger partial charge >= 0.3 is 12.0 Å². The van der Waals surface area contributed by atoms with Crippen LogP contribution in [0.2, 0.25) is 0 Å². The molecule has 41 heavy (non-hydrogen) atoms. The molecule has 2 heterocycles. The summed E-state index contributed by atoms with van der Waals surface area (Å²) in [5.41, 5.74) is 6.47. The SMILES string of the molecule is CCOC(=O)c1cncc(-c2ccc(CCC(=O)C3C[C@H]3c3ccccc3)c3c2CCN(C(=O)NC(C)(C)C)C3)c1. The lowest BCUT2D eigenvalue weighted by Crippen LogP contribution is -2.50. The number of esters is 1. The van der Waals surface area contributed by atoms with E-state index in [4.69, 9.17) is 4.74 Å². The first-order chi connectivity index (χ1) is 19.6. The highest BCUT2D eigenvalue weighted by Gasteiger charge is 2.43. The molecule has 0 bridgehead atoms.